The quantitative estimate of drug-likeness (QED) is 0.764. The van der Waals surface area contributed by atoms with Gasteiger partial charge in [0.2, 0.25) is 0 Å². The first-order chi connectivity index (χ1) is 8.20. The van der Waals surface area contributed by atoms with Crippen molar-refractivity contribution in [3.8, 4) is 0 Å². The molecule has 5 heteroatoms. The molecule has 0 spiro atoms. The van der Waals surface area contributed by atoms with Crippen LogP contribution in [0.3, 0.4) is 0 Å². The molecule has 1 aliphatic heterocycles. The normalized spacial score (nSPS) is 17.4. The highest BCUT2D eigenvalue weighted by atomic mass is 16.3. The van der Waals surface area contributed by atoms with Crippen molar-refractivity contribution in [3.63, 3.8) is 0 Å². The first-order valence-electron chi connectivity index (χ1n) is 5.98. The van der Waals surface area contributed by atoms with Crippen LogP contribution in [-0.2, 0) is 0 Å². The standard InChI is InChI=1S/C12H19N3O2/c1-10-8-11(12(17)13-9-10)15-4-2-14(3-5-15)6-7-16/h8-9,16H,2-7H2,1H3,(H,13,17). The Kier molecular flexibility index (Phi) is 3.81. The van der Waals surface area contributed by atoms with Crippen molar-refractivity contribution >= 4 is 5.69 Å². The molecule has 1 fully saturated rings. The van der Waals surface area contributed by atoms with Crippen LogP contribution in [0.25, 0.3) is 0 Å². The van der Waals surface area contributed by atoms with Crippen LogP contribution >= 0.6 is 0 Å². The van der Waals surface area contributed by atoms with Crippen LogP contribution in [0.4, 0.5) is 5.69 Å². The number of hydrogen-bond donors (Lipinski definition) is 2. The summed E-state index contributed by atoms with van der Waals surface area (Å²) in [6.07, 6.45) is 1.73. The van der Waals surface area contributed by atoms with E-state index < -0.39 is 0 Å². The number of aryl methyl sites for hydroxylation is 1. The molecule has 2 rings (SSSR count). The Morgan fingerprint density at radius 2 is 2.06 bits per heavy atom. The molecule has 1 aliphatic rings. The number of pyridine rings is 1. The lowest BCUT2D eigenvalue weighted by atomic mass is 10.2. The van der Waals surface area contributed by atoms with Gasteiger partial charge in [0, 0.05) is 38.9 Å². The molecule has 1 saturated heterocycles. The van der Waals surface area contributed by atoms with E-state index >= 15 is 0 Å². The maximum Gasteiger partial charge on any atom is 0.271 e. The van der Waals surface area contributed by atoms with Gasteiger partial charge in [-0.1, -0.05) is 0 Å². The number of piperazine rings is 1. The lowest BCUT2D eigenvalue weighted by Gasteiger charge is -2.35. The molecule has 1 aromatic rings. The van der Waals surface area contributed by atoms with Gasteiger partial charge in [0.15, 0.2) is 0 Å². The Hall–Kier alpha value is -1.33. The van der Waals surface area contributed by atoms with Crippen molar-refractivity contribution in [2.75, 3.05) is 44.2 Å². The second-order valence-electron chi connectivity index (χ2n) is 4.44. The summed E-state index contributed by atoms with van der Waals surface area (Å²) in [5.41, 5.74) is 1.80. The fraction of sp³-hybridized carbons (Fsp3) is 0.583. The van der Waals surface area contributed by atoms with Gasteiger partial charge in [-0.25, -0.2) is 0 Å². The third kappa shape index (κ3) is 2.87. The van der Waals surface area contributed by atoms with E-state index in [9.17, 15) is 4.79 Å². The topological polar surface area (TPSA) is 59.6 Å². The highest BCUT2D eigenvalue weighted by Crippen LogP contribution is 2.12. The molecule has 0 unspecified atom stereocenters. The summed E-state index contributed by atoms with van der Waals surface area (Å²) < 4.78 is 0. The Bertz CT molecular complexity index is 422. The maximum atomic E-state index is 11.7. The number of aliphatic hydroxyl groups is 1. The molecular formula is C12H19N3O2. The van der Waals surface area contributed by atoms with Gasteiger partial charge in [0.05, 0.1) is 6.61 Å². The Morgan fingerprint density at radius 3 is 2.71 bits per heavy atom. The average Bonchev–Trinajstić information content (AvgIpc) is 2.34. The predicted octanol–water partition coefficient (Wildman–Crippen LogP) is -0.202. The lowest BCUT2D eigenvalue weighted by Crippen LogP contribution is -2.48. The molecule has 0 atom stereocenters. The van der Waals surface area contributed by atoms with E-state index in [0.717, 1.165) is 44.0 Å². The SMILES string of the molecule is Cc1c[nH]c(=O)c(N2CCN(CCO)CC2)c1. The van der Waals surface area contributed by atoms with Gasteiger partial charge in [0.25, 0.3) is 5.56 Å². The summed E-state index contributed by atoms with van der Waals surface area (Å²) in [6.45, 7) is 6.37. The van der Waals surface area contributed by atoms with Gasteiger partial charge in [-0.05, 0) is 18.6 Å². The summed E-state index contributed by atoms with van der Waals surface area (Å²) in [5, 5.41) is 8.87. The fourth-order valence-electron chi connectivity index (χ4n) is 2.16. The van der Waals surface area contributed by atoms with Crippen LogP contribution in [0.1, 0.15) is 5.56 Å². The fourth-order valence-corrected chi connectivity index (χ4v) is 2.16. The van der Waals surface area contributed by atoms with Gasteiger partial charge in [-0.3, -0.25) is 9.69 Å². The Labute approximate surface area is 101 Å². The molecule has 5 nitrogen and oxygen atoms in total. The molecule has 0 radical (unpaired) electrons. The minimum atomic E-state index is -0.0220. The number of anilines is 1. The van der Waals surface area contributed by atoms with Crippen molar-refractivity contribution in [2.45, 2.75) is 6.92 Å². The molecule has 0 aliphatic carbocycles. The third-order valence-corrected chi connectivity index (χ3v) is 3.16. The highest BCUT2D eigenvalue weighted by Gasteiger charge is 2.18. The summed E-state index contributed by atoms with van der Waals surface area (Å²) >= 11 is 0. The molecular weight excluding hydrogens is 218 g/mol. The zero-order valence-electron chi connectivity index (χ0n) is 10.1. The van der Waals surface area contributed by atoms with E-state index in [-0.39, 0.29) is 12.2 Å². The summed E-state index contributed by atoms with van der Waals surface area (Å²) in [4.78, 5) is 18.8. The number of aromatic amines is 1. The number of nitrogens with zero attached hydrogens (tertiary/aromatic N) is 2. The zero-order chi connectivity index (χ0) is 12.3. The van der Waals surface area contributed by atoms with E-state index in [2.05, 4.69) is 14.8 Å². The summed E-state index contributed by atoms with van der Waals surface area (Å²) in [6, 6.07) is 1.93. The lowest BCUT2D eigenvalue weighted by molar-refractivity contribution is 0.188. The number of H-pyrrole nitrogens is 1. The second-order valence-corrected chi connectivity index (χ2v) is 4.44. The largest absolute Gasteiger partial charge is 0.395 e. The van der Waals surface area contributed by atoms with E-state index in [1.165, 1.54) is 0 Å². The molecule has 0 aromatic carbocycles. The van der Waals surface area contributed by atoms with Gasteiger partial charge in [0.1, 0.15) is 5.69 Å². The zero-order valence-corrected chi connectivity index (χ0v) is 10.1. The number of rotatable bonds is 3. The Morgan fingerprint density at radius 1 is 1.35 bits per heavy atom. The summed E-state index contributed by atoms with van der Waals surface area (Å²) in [5.74, 6) is 0. The van der Waals surface area contributed by atoms with E-state index in [0.29, 0.717) is 0 Å². The maximum absolute atomic E-state index is 11.7. The van der Waals surface area contributed by atoms with Crippen molar-refractivity contribution < 1.29 is 5.11 Å². The van der Waals surface area contributed by atoms with Crippen molar-refractivity contribution in [1.82, 2.24) is 9.88 Å². The smallest absolute Gasteiger partial charge is 0.271 e. The minimum Gasteiger partial charge on any atom is -0.395 e. The minimum absolute atomic E-state index is 0.0220. The monoisotopic (exact) mass is 237 g/mol. The third-order valence-electron chi connectivity index (χ3n) is 3.16. The van der Waals surface area contributed by atoms with E-state index in [1.54, 1.807) is 6.20 Å². The van der Waals surface area contributed by atoms with Crippen molar-refractivity contribution in [2.24, 2.45) is 0 Å². The van der Waals surface area contributed by atoms with Crippen molar-refractivity contribution in [3.05, 3.63) is 28.2 Å². The highest BCUT2D eigenvalue weighted by molar-refractivity contribution is 5.46. The van der Waals surface area contributed by atoms with Gasteiger partial charge in [-0.2, -0.15) is 0 Å². The van der Waals surface area contributed by atoms with Gasteiger partial charge < -0.3 is 15.0 Å². The first kappa shape index (κ1) is 12.1. The molecule has 2 heterocycles. The first-order valence-corrected chi connectivity index (χ1v) is 5.98. The number of aliphatic hydroxyl groups excluding tert-OH is 1. The van der Waals surface area contributed by atoms with Crippen LogP contribution in [-0.4, -0.2) is 54.3 Å². The van der Waals surface area contributed by atoms with E-state index in [1.807, 2.05) is 13.0 Å². The molecule has 1 aromatic heterocycles. The van der Waals surface area contributed by atoms with Gasteiger partial charge >= 0.3 is 0 Å². The number of aromatic nitrogens is 1. The summed E-state index contributed by atoms with van der Waals surface area (Å²) in [7, 11) is 0. The molecule has 0 bridgehead atoms. The number of nitrogens with one attached hydrogen (secondary N) is 1. The molecule has 2 N–H and O–H groups in total. The predicted molar refractivity (Wildman–Crippen MR) is 67.5 cm³/mol. The van der Waals surface area contributed by atoms with Crippen LogP contribution in [0.15, 0.2) is 17.1 Å². The molecule has 0 saturated carbocycles. The van der Waals surface area contributed by atoms with Crippen LogP contribution in [0, 0.1) is 6.92 Å². The second kappa shape index (κ2) is 5.33. The number of β-amino-alcohol motifs (C(OH)–C–C–N with tert-alkyl or cyclic N) is 1. The average molecular weight is 237 g/mol. The van der Waals surface area contributed by atoms with Crippen LogP contribution in [0.5, 0.6) is 0 Å². The van der Waals surface area contributed by atoms with Crippen LogP contribution < -0.4 is 10.5 Å². The Balaban J connectivity index is 2.05. The van der Waals surface area contributed by atoms with Gasteiger partial charge in [-0.15, -0.1) is 0 Å². The molecule has 0 amide bonds. The van der Waals surface area contributed by atoms with E-state index in [4.69, 9.17) is 5.11 Å². The molecule has 94 valence electrons. The van der Waals surface area contributed by atoms with Crippen molar-refractivity contribution in [1.29, 1.82) is 0 Å². The molecule has 17 heavy (non-hydrogen) atoms. The number of hydrogen-bond acceptors (Lipinski definition) is 4. The van der Waals surface area contributed by atoms with Crippen LogP contribution in [0.2, 0.25) is 0 Å².